The lowest BCUT2D eigenvalue weighted by atomic mass is 10.2. The molecule has 1 N–H and O–H groups in total. The highest BCUT2D eigenvalue weighted by atomic mass is 79.9. The lowest BCUT2D eigenvalue weighted by molar-refractivity contribution is 0.0942. The van der Waals surface area contributed by atoms with Crippen LogP contribution in [0.3, 0.4) is 0 Å². The normalized spacial score (nSPS) is 11.3. The zero-order chi connectivity index (χ0) is 15.9. The van der Waals surface area contributed by atoms with Crippen LogP contribution in [0, 0.1) is 11.3 Å². The fourth-order valence-electron chi connectivity index (χ4n) is 1.57. The number of hydrogen-bond donors (Lipinski definition) is 1. The van der Waals surface area contributed by atoms with Crippen LogP contribution < -0.4 is 10.1 Å². The second-order valence-electron chi connectivity index (χ2n) is 4.46. The molecule has 1 amide bonds. The first kappa shape index (κ1) is 15.9. The van der Waals surface area contributed by atoms with Crippen LogP contribution >= 0.6 is 15.9 Å². The van der Waals surface area contributed by atoms with Gasteiger partial charge in [-0.2, -0.15) is 5.26 Å². The first-order valence-electron chi connectivity index (χ1n) is 6.49. The van der Waals surface area contributed by atoms with E-state index in [1.54, 1.807) is 31.3 Å². The largest absolute Gasteiger partial charge is 0.473 e. The summed E-state index contributed by atoms with van der Waals surface area (Å²) in [5.41, 5.74) is 1.07. The second-order valence-corrected chi connectivity index (χ2v) is 5.28. The molecule has 0 unspecified atom stereocenters. The second kappa shape index (κ2) is 7.52. The fraction of sp³-hybridized carbons (Fsp3) is 0.200. The van der Waals surface area contributed by atoms with E-state index < -0.39 is 6.04 Å². The van der Waals surface area contributed by atoms with Gasteiger partial charge >= 0.3 is 0 Å². The van der Waals surface area contributed by atoms with Crippen molar-refractivity contribution in [2.45, 2.75) is 19.6 Å². The molecule has 0 aromatic carbocycles. The molecule has 0 spiro atoms. The third-order valence-corrected chi connectivity index (χ3v) is 3.12. The summed E-state index contributed by atoms with van der Waals surface area (Å²) >= 11 is 3.27. The molecule has 0 saturated heterocycles. The van der Waals surface area contributed by atoms with Crippen molar-refractivity contribution in [3.63, 3.8) is 0 Å². The quantitative estimate of drug-likeness (QED) is 0.827. The van der Waals surface area contributed by atoms with E-state index >= 15 is 0 Å². The van der Waals surface area contributed by atoms with Crippen LogP contribution in [-0.4, -0.2) is 21.9 Å². The molecule has 0 aliphatic heterocycles. The maximum atomic E-state index is 11.8. The van der Waals surface area contributed by atoms with Gasteiger partial charge in [0.25, 0.3) is 5.91 Å². The summed E-state index contributed by atoms with van der Waals surface area (Å²) in [5, 5.41) is 11.2. The van der Waals surface area contributed by atoms with Gasteiger partial charge in [0.05, 0.1) is 6.07 Å². The van der Waals surface area contributed by atoms with Gasteiger partial charge in [0.1, 0.15) is 22.9 Å². The first-order chi connectivity index (χ1) is 10.6. The molecule has 0 saturated carbocycles. The predicted molar refractivity (Wildman–Crippen MR) is 83.0 cm³/mol. The van der Waals surface area contributed by atoms with E-state index in [2.05, 4.69) is 31.2 Å². The Morgan fingerprint density at radius 3 is 2.91 bits per heavy atom. The summed E-state index contributed by atoms with van der Waals surface area (Å²) in [6.45, 7) is 1.90. The van der Waals surface area contributed by atoms with Gasteiger partial charge in [-0.25, -0.2) is 4.98 Å². The molecule has 0 bridgehead atoms. The third kappa shape index (κ3) is 4.53. The zero-order valence-corrected chi connectivity index (χ0v) is 13.4. The van der Waals surface area contributed by atoms with Crippen molar-refractivity contribution < 1.29 is 9.53 Å². The van der Waals surface area contributed by atoms with Gasteiger partial charge in [-0.15, -0.1) is 0 Å². The number of pyridine rings is 2. The van der Waals surface area contributed by atoms with Crippen molar-refractivity contribution in [3.05, 3.63) is 52.4 Å². The molecule has 112 valence electrons. The van der Waals surface area contributed by atoms with Gasteiger partial charge in [0.15, 0.2) is 0 Å². The molecule has 22 heavy (non-hydrogen) atoms. The molecule has 2 aromatic rings. The van der Waals surface area contributed by atoms with Crippen molar-refractivity contribution in [1.29, 1.82) is 5.26 Å². The Balaban J connectivity index is 1.94. The highest BCUT2D eigenvalue weighted by molar-refractivity contribution is 9.10. The Labute approximate surface area is 136 Å². The van der Waals surface area contributed by atoms with E-state index in [9.17, 15) is 4.79 Å². The molecule has 0 fully saturated rings. The molecule has 2 aromatic heterocycles. The summed E-state index contributed by atoms with van der Waals surface area (Å²) in [6.07, 6.45) is 1.56. The van der Waals surface area contributed by atoms with Gasteiger partial charge in [-0.3, -0.25) is 9.78 Å². The number of nitrogens with one attached hydrogen (secondary N) is 1. The molecule has 0 radical (unpaired) electrons. The predicted octanol–water partition coefficient (Wildman–Crippen LogP) is 2.46. The van der Waals surface area contributed by atoms with E-state index in [-0.39, 0.29) is 11.6 Å². The van der Waals surface area contributed by atoms with E-state index in [0.29, 0.717) is 17.1 Å². The van der Waals surface area contributed by atoms with Gasteiger partial charge in [0, 0.05) is 17.8 Å². The number of carbonyl (C=O) groups is 1. The van der Waals surface area contributed by atoms with Gasteiger partial charge in [0.2, 0.25) is 5.88 Å². The average Bonchev–Trinajstić information content (AvgIpc) is 2.53. The molecule has 6 nitrogen and oxygen atoms in total. The molecular formula is C15H13BrN4O2. The SMILES string of the molecule is C[C@H](C#N)NC(=O)c1ccc(COc2cccc(Br)n2)cn1. The van der Waals surface area contributed by atoms with Crippen molar-refractivity contribution >= 4 is 21.8 Å². The van der Waals surface area contributed by atoms with E-state index in [0.717, 1.165) is 5.56 Å². The highest BCUT2D eigenvalue weighted by Gasteiger charge is 2.10. The lowest BCUT2D eigenvalue weighted by Crippen LogP contribution is -2.31. The minimum Gasteiger partial charge on any atom is -0.473 e. The Hall–Kier alpha value is -2.46. The summed E-state index contributed by atoms with van der Waals surface area (Å²) in [4.78, 5) is 20.0. The monoisotopic (exact) mass is 360 g/mol. The van der Waals surface area contributed by atoms with Crippen LogP contribution in [0.25, 0.3) is 0 Å². The van der Waals surface area contributed by atoms with Gasteiger partial charge in [-0.1, -0.05) is 12.1 Å². The molecule has 1 atom stereocenters. The van der Waals surface area contributed by atoms with Crippen LogP contribution in [0.15, 0.2) is 41.1 Å². The summed E-state index contributed by atoms with van der Waals surface area (Å²) < 4.78 is 6.23. The standard InChI is InChI=1S/C15H13BrN4O2/c1-10(7-17)19-15(21)12-6-5-11(8-18-12)9-22-14-4-2-3-13(16)20-14/h2-6,8,10H,9H2,1H3,(H,19,21)/t10-/m1/s1. The summed E-state index contributed by atoms with van der Waals surface area (Å²) in [5.74, 6) is 0.120. The van der Waals surface area contributed by atoms with Gasteiger partial charge < -0.3 is 10.1 Å². The Bertz CT molecular complexity index is 697. The molecular weight excluding hydrogens is 348 g/mol. The number of ether oxygens (including phenoxy) is 1. The van der Waals surface area contributed by atoms with Crippen molar-refractivity contribution in [1.82, 2.24) is 15.3 Å². The smallest absolute Gasteiger partial charge is 0.270 e. The van der Waals surface area contributed by atoms with Crippen LogP contribution in [0.2, 0.25) is 0 Å². The van der Waals surface area contributed by atoms with Crippen LogP contribution in [0.5, 0.6) is 5.88 Å². The fourth-order valence-corrected chi connectivity index (χ4v) is 1.90. The number of rotatable bonds is 5. The molecule has 0 aliphatic carbocycles. The molecule has 7 heteroatoms. The maximum Gasteiger partial charge on any atom is 0.270 e. The number of nitriles is 1. The number of nitrogens with zero attached hydrogens (tertiary/aromatic N) is 3. The minimum atomic E-state index is -0.556. The van der Waals surface area contributed by atoms with E-state index in [1.807, 2.05) is 18.2 Å². The van der Waals surface area contributed by atoms with E-state index in [1.165, 1.54) is 0 Å². The number of halogens is 1. The lowest BCUT2D eigenvalue weighted by Gasteiger charge is -2.07. The van der Waals surface area contributed by atoms with Crippen LogP contribution in [-0.2, 0) is 6.61 Å². The Morgan fingerprint density at radius 2 is 2.27 bits per heavy atom. The molecule has 0 aliphatic rings. The van der Waals surface area contributed by atoms with Crippen molar-refractivity contribution in [3.8, 4) is 11.9 Å². The van der Waals surface area contributed by atoms with Gasteiger partial charge in [-0.05, 0) is 35.0 Å². The summed E-state index contributed by atoms with van der Waals surface area (Å²) in [6, 6.07) is 10.1. The van der Waals surface area contributed by atoms with E-state index in [4.69, 9.17) is 10.00 Å². The Kier molecular flexibility index (Phi) is 5.44. The zero-order valence-electron chi connectivity index (χ0n) is 11.8. The third-order valence-electron chi connectivity index (χ3n) is 2.67. The summed E-state index contributed by atoms with van der Waals surface area (Å²) in [7, 11) is 0. The molecule has 2 rings (SSSR count). The topological polar surface area (TPSA) is 87.9 Å². The van der Waals surface area contributed by atoms with Crippen LogP contribution in [0.4, 0.5) is 0 Å². The first-order valence-corrected chi connectivity index (χ1v) is 7.28. The van der Waals surface area contributed by atoms with Crippen molar-refractivity contribution in [2.75, 3.05) is 0 Å². The minimum absolute atomic E-state index is 0.256. The van der Waals surface area contributed by atoms with Crippen molar-refractivity contribution in [2.24, 2.45) is 0 Å². The average molecular weight is 361 g/mol. The number of aromatic nitrogens is 2. The number of hydrogen-bond acceptors (Lipinski definition) is 5. The van der Waals surface area contributed by atoms with Crippen LogP contribution in [0.1, 0.15) is 23.0 Å². The highest BCUT2D eigenvalue weighted by Crippen LogP contribution is 2.13. The molecule has 2 heterocycles. The number of amides is 1. The Morgan fingerprint density at radius 1 is 1.45 bits per heavy atom. The number of carbonyl (C=O) groups excluding carboxylic acids is 1. The maximum absolute atomic E-state index is 11.8.